The van der Waals surface area contributed by atoms with Gasteiger partial charge in [0.2, 0.25) is 5.60 Å². The van der Waals surface area contributed by atoms with Crippen molar-refractivity contribution in [2.75, 3.05) is 20.2 Å². The number of rotatable bonds is 4. The number of hydrogen-bond acceptors (Lipinski definition) is 3. The van der Waals surface area contributed by atoms with Crippen LogP contribution in [-0.2, 0) is 5.60 Å². The highest BCUT2D eigenvalue weighted by atomic mass is 19.4. The first kappa shape index (κ1) is 15.7. The van der Waals surface area contributed by atoms with Gasteiger partial charge in [0.15, 0.2) is 0 Å². The number of nitrogens with zero attached hydrogens (tertiary/aromatic N) is 1. The quantitative estimate of drug-likeness (QED) is 0.927. The molecule has 116 valence electrons. The fraction of sp³-hybridized carbons (Fsp3) is 0.467. The first-order valence-electron chi connectivity index (χ1n) is 6.74. The Morgan fingerprint density at radius 3 is 2.33 bits per heavy atom. The van der Waals surface area contributed by atoms with Crippen LogP contribution in [0.4, 0.5) is 13.2 Å². The monoisotopic (exact) mass is 301 g/mol. The molecular weight excluding hydrogens is 283 g/mol. The van der Waals surface area contributed by atoms with Gasteiger partial charge in [0.25, 0.3) is 0 Å². The highest BCUT2D eigenvalue weighted by Crippen LogP contribution is 2.51. The SMILES string of the molecule is CCN(CC)C1=Cc2ccc(OC)cc2C1(O)C(F)(F)F. The minimum atomic E-state index is -4.81. The average Bonchev–Trinajstić information content (AvgIpc) is 2.74. The van der Waals surface area contributed by atoms with E-state index in [4.69, 9.17) is 4.74 Å². The number of fused-ring (bicyclic) bond motifs is 1. The Bertz CT molecular complexity index is 565. The molecule has 1 atom stereocenters. The molecule has 1 aliphatic carbocycles. The number of alkyl halides is 3. The maximum absolute atomic E-state index is 13.6. The van der Waals surface area contributed by atoms with Gasteiger partial charge in [-0.2, -0.15) is 13.2 Å². The highest BCUT2D eigenvalue weighted by Gasteiger charge is 2.61. The van der Waals surface area contributed by atoms with Crippen LogP contribution in [0.2, 0.25) is 0 Å². The second kappa shape index (κ2) is 5.26. The molecule has 3 nitrogen and oxygen atoms in total. The molecule has 0 bridgehead atoms. The average molecular weight is 301 g/mol. The number of benzene rings is 1. The minimum absolute atomic E-state index is 0.136. The van der Waals surface area contributed by atoms with Crippen LogP contribution in [0.5, 0.6) is 5.75 Å². The highest BCUT2D eigenvalue weighted by molar-refractivity contribution is 5.69. The Hall–Kier alpha value is -1.69. The molecule has 0 heterocycles. The van der Waals surface area contributed by atoms with Crippen LogP contribution in [0.25, 0.3) is 6.08 Å². The number of hydrogen-bond donors (Lipinski definition) is 1. The molecule has 0 saturated heterocycles. The lowest BCUT2D eigenvalue weighted by atomic mass is 9.92. The van der Waals surface area contributed by atoms with Crippen molar-refractivity contribution in [1.82, 2.24) is 4.90 Å². The van der Waals surface area contributed by atoms with Gasteiger partial charge in [-0.15, -0.1) is 0 Å². The molecule has 1 aliphatic rings. The van der Waals surface area contributed by atoms with Crippen molar-refractivity contribution in [3.8, 4) is 5.75 Å². The van der Waals surface area contributed by atoms with Gasteiger partial charge >= 0.3 is 6.18 Å². The van der Waals surface area contributed by atoms with Gasteiger partial charge in [-0.05, 0) is 37.6 Å². The number of halogens is 3. The summed E-state index contributed by atoms with van der Waals surface area (Å²) >= 11 is 0. The number of likely N-dealkylation sites (N-methyl/N-ethyl adjacent to an activating group) is 1. The molecule has 0 fully saturated rings. The fourth-order valence-corrected chi connectivity index (χ4v) is 2.67. The maximum atomic E-state index is 13.6. The molecule has 0 spiro atoms. The smallest absolute Gasteiger partial charge is 0.427 e. The summed E-state index contributed by atoms with van der Waals surface area (Å²) in [5.74, 6) is 0.283. The van der Waals surface area contributed by atoms with Crippen molar-refractivity contribution in [3.63, 3.8) is 0 Å². The third-order valence-corrected chi connectivity index (χ3v) is 3.83. The van der Waals surface area contributed by atoms with Crippen molar-refractivity contribution >= 4 is 6.08 Å². The molecule has 0 saturated carbocycles. The summed E-state index contributed by atoms with van der Waals surface area (Å²) in [5.41, 5.74) is -2.96. The molecular formula is C15H18F3NO2. The van der Waals surface area contributed by atoms with Crippen LogP contribution in [-0.4, -0.2) is 36.4 Å². The van der Waals surface area contributed by atoms with E-state index in [0.717, 1.165) is 0 Å². The third-order valence-electron chi connectivity index (χ3n) is 3.83. The summed E-state index contributed by atoms with van der Waals surface area (Å²) in [5, 5.41) is 10.5. The Morgan fingerprint density at radius 1 is 1.24 bits per heavy atom. The lowest BCUT2D eigenvalue weighted by Gasteiger charge is -2.36. The van der Waals surface area contributed by atoms with E-state index < -0.39 is 11.8 Å². The van der Waals surface area contributed by atoms with Crippen molar-refractivity contribution in [3.05, 3.63) is 35.0 Å². The predicted molar refractivity (Wildman–Crippen MR) is 73.8 cm³/mol. The van der Waals surface area contributed by atoms with Crippen LogP contribution in [0, 0.1) is 0 Å². The van der Waals surface area contributed by atoms with Gasteiger partial charge in [0.1, 0.15) is 5.75 Å². The maximum Gasteiger partial charge on any atom is 0.427 e. The zero-order valence-electron chi connectivity index (χ0n) is 12.2. The fourth-order valence-electron chi connectivity index (χ4n) is 2.67. The Labute approximate surface area is 121 Å². The molecule has 2 rings (SSSR count). The molecule has 6 heteroatoms. The van der Waals surface area contributed by atoms with Crippen LogP contribution >= 0.6 is 0 Å². The van der Waals surface area contributed by atoms with Crippen LogP contribution < -0.4 is 4.74 Å². The predicted octanol–water partition coefficient (Wildman–Crippen LogP) is 3.14. The van der Waals surface area contributed by atoms with Crippen molar-refractivity contribution in [2.45, 2.75) is 25.6 Å². The largest absolute Gasteiger partial charge is 0.497 e. The first-order valence-corrected chi connectivity index (χ1v) is 6.74. The van der Waals surface area contributed by atoms with E-state index in [2.05, 4.69) is 0 Å². The normalized spacial score (nSPS) is 21.0. The van der Waals surface area contributed by atoms with Crippen LogP contribution in [0.1, 0.15) is 25.0 Å². The van der Waals surface area contributed by atoms with Crippen molar-refractivity contribution in [2.24, 2.45) is 0 Å². The Balaban J connectivity index is 2.64. The van der Waals surface area contributed by atoms with E-state index in [0.29, 0.717) is 18.7 Å². The molecule has 1 unspecified atom stereocenters. The summed E-state index contributed by atoms with van der Waals surface area (Å²) < 4.78 is 45.7. The van der Waals surface area contributed by atoms with Gasteiger partial charge in [-0.25, -0.2) is 0 Å². The van der Waals surface area contributed by atoms with E-state index in [-0.39, 0.29) is 17.0 Å². The lowest BCUT2D eigenvalue weighted by Crippen LogP contribution is -2.47. The van der Waals surface area contributed by atoms with E-state index in [9.17, 15) is 18.3 Å². The molecule has 0 aromatic heterocycles. The van der Waals surface area contributed by atoms with Crippen LogP contribution in [0.3, 0.4) is 0 Å². The summed E-state index contributed by atoms with van der Waals surface area (Å²) in [6, 6.07) is 4.36. The number of methoxy groups -OCH3 is 1. The summed E-state index contributed by atoms with van der Waals surface area (Å²) in [6.07, 6.45) is -3.41. The number of ether oxygens (including phenoxy) is 1. The lowest BCUT2D eigenvalue weighted by molar-refractivity contribution is -0.254. The molecule has 1 aromatic carbocycles. The number of aliphatic hydroxyl groups is 1. The van der Waals surface area contributed by atoms with E-state index >= 15 is 0 Å². The van der Waals surface area contributed by atoms with Gasteiger partial charge in [-0.1, -0.05) is 6.07 Å². The second-order valence-corrected chi connectivity index (χ2v) is 4.86. The van der Waals surface area contributed by atoms with Crippen molar-refractivity contribution in [1.29, 1.82) is 0 Å². The zero-order chi connectivity index (χ0) is 15.8. The molecule has 0 amide bonds. The second-order valence-electron chi connectivity index (χ2n) is 4.86. The molecule has 0 radical (unpaired) electrons. The van der Waals surface area contributed by atoms with Gasteiger partial charge < -0.3 is 14.7 Å². The Morgan fingerprint density at radius 2 is 1.86 bits per heavy atom. The zero-order valence-corrected chi connectivity index (χ0v) is 12.2. The van der Waals surface area contributed by atoms with Crippen LogP contribution in [0.15, 0.2) is 23.9 Å². The Kier molecular flexibility index (Phi) is 3.93. The first-order chi connectivity index (χ1) is 9.79. The molecule has 1 N–H and O–H groups in total. The van der Waals surface area contributed by atoms with Gasteiger partial charge in [0.05, 0.1) is 12.8 Å². The topological polar surface area (TPSA) is 32.7 Å². The standard InChI is InChI=1S/C15H18F3NO2/c1-4-19(5-2)13-8-10-6-7-11(21-3)9-12(10)14(13,20)15(16,17)18/h6-9,20H,4-5H2,1-3H3. The van der Waals surface area contributed by atoms with E-state index in [1.54, 1.807) is 19.9 Å². The summed E-state index contributed by atoms with van der Waals surface area (Å²) in [7, 11) is 1.38. The molecule has 21 heavy (non-hydrogen) atoms. The third kappa shape index (κ3) is 2.27. The van der Waals surface area contributed by atoms with E-state index in [1.807, 2.05) is 0 Å². The summed E-state index contributed by atoms with van der Waals surface area (Å²) in [6.45, 7) is 4.27. The minimum Gasteiger partial charge on any atom is -0.497 e. The molecule has 0 aliphatic heterocycles. The molecule has 1 aromatic rings. The van der Waals surface area contributed by atoms with E-state index in [1.165, 1.54) is 30.2 Å². The summed E-state index contributed by atoms with van der Waals surface area (Å²) in [4.78, 5) is 1.51. The van der Waals surface area contributed by atoms with Gasteiger partial charge in [-0.3, -0.25) is 0 Å². The van der Waals surface area contributed by atoms with Gasteiger partial charge in [0, 0.05) is 18.7 Å². The van der Waals surface area contributed by atoms with Crippen molar-refractivity contribution < 1.29 is 23.0 Å².